The number of carbonyl (C=O) groups is 2. The van der Waals surface area contributed by atoms with E-state index in [1.165, 1.54) is 25.6 Å². The Morgan fingerprint density at radius 1 is 1.27 bits per heavy atom. The fourth-order valence-corrected chi connectivity index (χ4v) is 7.19. The van der Waals surface area contributed by atoms with Crippen LogP contribution in [0, 0.1) is 11.7 Å². The van der Waals surface area contributed by atoms with Crippen LogP contribution in [0.3, 0.4) is 0 Å². The number of benzene rings is 1. The Kier molecular flexibility index (Phi) is 8.89. The van der Waals surface area contributed by atoms with Gasteiger partial charge < -0.3 is 19.2 Å². The molecule has 15 heteroatoms. The van der Waals surface area contributed by atoms with Gasteiger partial charge in [-0.05, 0) is 44.0 Å². The van der Waals surface area contributed by atoms with E-state index in [0.29, 0.717) is 16.3 Å². The third-order valence-corrected chi connectivity index (χ3v) is 8.56. The Balaban J connectivity index is 1.73. The van der Waals surface area contributed by atoms with E-state index in [0.717, 1.165) is 11.3 Å². The van der Waals surface area contributed by atoms with E-state index in [9.17, 15) is 18.8 Å². The van der Waals surface area contributed by atoms with Gasteiger partial charge in [-0.2, -0.15) is 0 Å². The molecule has 0 saturated carbocycles. The lowest BCUT2D eigenvalue weighted by Crippen LogP contribution is -2.52. The van der Waals surface area contributed by atoms with Gasteiger partial charge in [0.05, 0.1) is 33.0 Å². The predicted octanol–water partition coefficient (Wildman–Crippen LogP) is 4.55. The summed E-state index contributed by atoms with van der Waals surface area (Å²) in [5.41, 5.74) is 0.169. The highest BCUT2D eigenvalue weighted by atomic mass is 79.9. The zero-order chi connectivity index (χ0) is 26.9. The largest absolute Gasteiger partial charge is 0.463 e. The van der Waals surface area contributed by atoms with Crippen molar-refractivity contribution in [3.63, 3.8) is 0 Å². The van der Waals surface area contributed by atoms with Crippen molar-refractivity contribution in [2.45, 2.75) is 49.4 Å². The van der Waals surface area contributed by atoms with E-state index >= 15 is 0 Å². The molecule has 3 heterocycles. The Morgan fingerprint density at radius 2 is 1.97 bits per heavy atom. The number of H-pyrrole nitrogens is 1. The van der Waals surface area contributed by atoms with Crippen molar-refractivity contribution in [1.82, 2.24) is 20.0 Å². The Bertz CT molecular complexity index is 1340. The lowest BCUT2D eigenvalue weighted by atomic mass is 9.89. The van der Waals surface area contributed by atoms with Crippen LogP contribution in [0.4, 0.5) is 4.39 Å². The molecule has 37 heavy (non-hydrogen) atoms. The van der Waals surface area contributed by atoms with Gasteiger partial charge in [-0.3, -0.25) is 14.4 Å². The summed E-state index contributed by atoms with van der Waals surface area (Å²) in [7, 11) is 0. The summed E-state index contributed by atoms with van der Waals surface area (Å²) in [5.74, 6) is -1.79. The SMILES string of the molecule is CC(=O)OCC1O[C@H](Sc2cc(Br)c(F)c(Br)c2)[C@@H](OC(C)=O)C(n2cc(-c3csc(=O)[nH]3)nn2)[C@H]1C. The Morgan fingerprint density at radius 3 is 2.57 bits per heavy atom. The average molecular weight is 680 g/mol. The summed E-state index contributed by atoms with van der Waals surface area (Å²) in [6, 6.07) is 2.61. The molecule has 1 saturated heterocycles. The number of hydrogen-bond donors (Lipinski definition) is 1. The first-order valence-corrected chi connectivity index (χ1v) is 14.2. The third-order valence-electron chi connectivity index (χ3n) is 5.61. The van der Waals surface area contributed by atoms with Gasteiger partial charge in [-0.15, -0.1) is 5.10 Å². The minimum Gasteiger partial charge on any atom is -0.463 e. The molecule has 5 atom stereocenters. The third kappa shape index (κ3) is 6.50. The molecule has 0 amide bonds. The van der Waals surface area contributed by atoms with Crippen molar-refractivity contribution >= 4 is 66.9 Å². The van der Waals surface area contributed by atoms with E-state index in [1.807, 2.05) is 6.92 Å². The van der Waals surface area contributed by atoms with Gasteiger partial charge >= 0.3 is 16.8 Å². The molecule has 2 aromatic heterocycles. The van der Waals surface area contributed by atoms with Crippen molar-refractivity contribution in [2.75, 3.05) is 6.61 Å². The van der Waals surface area contributed by atoms with E-state index < -0.39 is 41.4 Å². The van der Waals surface area contributed by atoms with Crippen LogP contribution in [-0.4, -0.2) is 56.2 Å². The number of esters is 2. The molecule has 1 fully saturated rings. The first-order valence-electron chi connectivity index (χ1n) is 10.9. The van der Waals surface area contributed by atoms with Crippen LogP contribution in [0.5, 0.6) is 0 Å². The monoisotopic (exact) mass is 678 g/mol. The van der Waals surface area contributed by atoms with Crippen LogP contribution in [0.25, 0.3) is 11.4 Å². The van der Waals surface area contributed by atoms with Gasteiger partial charge in [0.25, 0.3) is 0 Å². The number of halogens is 3. The number of aromatic nitrogens is 4. The van der Waals surface area contributed by atoms with E-state index in [2.05, 4.69) is 47.2 Å². The summed E-state index contributed by atoms with van der Waals surface area (Å²) >= 11 is 8.64. The fraction of sp³-hybridized carbons (Fsp3) is 0.409. The molecule has 1 aliphatic heterocycles. The standard InChI is InChI=1S/C22H21Br2FN4O6S2/c1-9-17(7-33-10(2)30)35-21(37-12-4-13(23)18(25)14(24)5-12)20(34-11(3)31)19(9)29-6-15(27-28-29)16-8-36-22(32)26-16/h4-6,8-9,17,19-21H,7H2,1-3H3,(H,26,32)/t9-,17?,19?,20-,21+/m0/s1. The number of thiazole rings is 1. The van der Waals surface area contributed by atoms with Gasteiger partial charge in [0.1, 0.15) is 17.7 Å². The zero-order valence-corrected chi connectivity index (χ0v) is 24.4. The van der Waals surface area contributed by atoms with Gasteiger partial charge in [0.2, 0.25) is 0 Å². The average Bonchev–Trinajstić information content (AvgIpc) is 3.47. The molecular formula is C22H21Br2FN4O6S2. The number of nitrogens with one attached hydrogen (secondary N) is 1. The van der Waals surface area contributed by atoms with Crippen LogP contribution in [0.1, 0.15) is 26.8 Å². The number of nitrogens with zero attached hydrogens (tertiary/aromatic N) is 3. The molecule has 0 aliphatic carbocycles. The lowest BCUT2D eigenvalue weighted by Gasteiger charge is -2.44. The van der Waals surface area contributed by atoms with Crippen LogP contribution < -0.4 is 4.87 Å². The highest BCUT2D eigenvalue weighted by Gasteiger charge is 2.48. The molecule has 2 unspecified atom stereocenters. The van der Waals surface area contributed by atoms with Crippen molar-refractivity contribution in [3.05, 3.63) is 48.1 Å². The van der Waals surface area contributed by atoms with Crippen molar-refractivity contribution in [1.29, 1.82) is 0 Å². The molecular weight excluding hydrogens is 659 g/mol. The summed E-state index contributed by atoms with van der Waals surface area (Å²) < 4.78 is 33.5. The molecule has 4 rings (SSSR count). The number of hydrogen-bond acceptors (Lipinski definition) is 10. The Hall–Kier alpha value is -2.07. The second-order valence-electron chi connectivity index (χ2n) is 8.23. The number of ether oxygens (including phenoxy) is 3. The van der Waals surface area contributed by atoms with Crippen molar-refractivity contribution in [3.8, 4) is 11.4 Å². The Labute approximate surface area is 235 Å². The minimum absolute atomic E-state index is 0.0347. The van der Waals surface area contributed by atoms with Crippen molar-refractivity contribution in [2.24, 2.45) is 5.92 Å². The van der Waals surface area contributed by atoms with Gasteiger partial charge in [0.15, 0.2) is 11.9 Å². The number of rotatable bonds is 7. The molecule has 1 aliphatic rings. The van der Waals surface area contributed by atoms with E-state index in [-0.39, 0.29) is 26.3 Å². The number of thioether (sulfide) groups is 1. The first kappa shape index (κ1) is 28.0. The van der Waals surface area contributed by atoms with Crippen LogP contribution in [0.15, 0.2) is 42.3 Å². The van der Waals surface area contributed by atoms with Gasteiger partial charge in [0, 0.05) is 30.0 Å². The quantitative estimate of drug-likeness (QED) is 0.283. The number of carbonyl (C=O) groups excluding carboxylic acids is 2. The van der Waals surface area contributed by atoms with Crippen LogP contribution in [-0.2, 0) is 23.8 Å². The van der Waals surface area contributed by atoms with Gasteiger partial charge in [-0.1, -0.05) is 35.2 Å². The molecule has 198 valence electrons. The highest BCUT2D eigenvalue weighted by Crippen LogP contribution is 2.44. The molecule has 0 bridgehead atoms. The zero-order valence-electron chi connectivity index (χ0n) is 19.6. The maximum atomic E-state index is 14.2. The second-order valence-corrected chi connectivity index (χ2v) is 12.0. The molecule has 0 radical (unpaired) electrons. The summed E-state index contributed by atoms with van der Waals surface area (Å²) in [5, 5.41) is 10.1. The second kappa shape index (κ2) is 11.8. The van der Waals surface area contributed by atoms with E-state index in [1.54, 1.807) is 28.4 Å². The molecule has 10 nitrogen and oxygen atoms in total. The molecule has 3 aromatic rings. The molecule has 1 aromatic carbocycles. The smallest absolute Gasteiger partial charge is 0.304 e. The minimum atomic E-state index is -0.843. The lowest BCUT2D eigenvalue weighted by molar-refractivity contribution is -0.185. The fourth-order valence-electron chi connectivity index (χ4n) is 3.93. The summed E-state index contributed by atoms with van der Waals surface area (Å²) in [6.45, 7) is 4.43. The van der Waals surface area contributed by atoms with Crippen LogP contribution >= 0.6 is 55.0 Å². The number of aromatic amines is 1. The first-order chi connectivity index (χ1) is 17.5. The topological polar surface area (TPSA) is 125 Å². The van der Waals surface area contributed by atoms with Crippen molar-refractivity contribution < 1.29 is 28.2 Å². The maximum absolute atomic E-state index is 14.2. The predicted molar refractivity (Wildman–Crippen MR) is 141 cm³/mol. The summed E-state index contributed by atoms with van der Waals surface area (Å²) in [6.07, 6.45) is 0.223. The summed E-state index contributed by atoms with van der Waals surface area (Å²) in [4.78, 5) is 38.4. The molecule has 1 N–H and O–H groups in total. The normalized spacial score (nSPS) is 23.6. The molecule has 0 spiro atoms. The maximum Gasteiger partial charge on any atom is 0.304 e. The van der Waals surface area contributed by atoms with E-state index in [4.69, 9.17) is 14.2 Å². The highest BCUT2D eigenvalue weighted by molar-refractivity contribution is 9.11. The van der Waals surface area contributed by atoms with Gasteiger partial charge in [-0.25, -0.2) is 9.07 Å². The van der Waals surface area contributed by atoms with Crippen LogP contribution in [0.2, 0.25) is 0 Å².